The van der Waals surface area contributed by atoms with Gasteiger partial charge in [0.2, 0.25) is 0 Å². The third-order valence-corrected chi connectivity index (χ3v) is 3.34. The Hall–Kier alpha value is -0.340. The Labute approximate surface area is 100 Å². The first-order valence-electron chi connectivity index (χ1n) is 6.36. The van der Waals surface area contributed by atoms with E-state index in [9.17, 15) is 0 Å². The van der Waals surface area contributed by atoms with Crippen molar-refractivity contribution in [3.05, 3.63) is 12.2 Å². The van der Waals surface area contributed by atoms with Crippen LogP contribution in [0, 0.1) is 11.3 Å². The molecular formula is C14H27NO. The third kappa shape index (κ3) is 4.67. The van der Waals surface area contributed by atoms with Gasteiger partial charge in [0.1, 0.15) is 0 Å². The molecule has 1 saturated carbocycles. The fourth-order valence-corrected chi connectivity index (χ4v) is 2.73. The lowest BCUT2D eigenvalue weighted by Gasteiger charge is -2.18. The van der Waals surface area contributed by atoms with Crippen molar-refractivity contribution in [3.8, 4) is 0 Å². The van der Waals surface area contributed by atoms with Gasteiger partial charge in [-0.05, 0) is 31.1 Å². The summed E-state index contributed by atoms with van der Waals surface area (Å²) >= 11 is 0. The lowest BCUT2D eigenvalue weighted by molar-refractivity contribution is 0.153. The molecule has 0 bridgehead atoms. The minimum atomic E-state index is 0.510. The molecular weight excluding hydrogens is 198 g/mol. The van der Waals surface area contributed by atoms with Gasteiger partial charge < -0.3 is 10.1 Å². The lowest BCUT2D eigenvalue weighted by atomic mass is 9.91. The molecule has 1 aliphatic rings. The zero-order valence-electron chi connectivity index (χ0n) is 11.3. The van der Waals surface area contributed by atoms with Crippen molar-refractivity contribution in [2.75, 3.05) is 19.8 Å². The summed E-state index contributed by atoms with van der Waals surface area (Å²) in [5, 5.41) is 3.61. The van der Waals surface area contributed by atoms with Crippen molar-refractivity contribution in [1.82, 2.24) is 5.32 Å². The van der Waals surface area contributed by atoms with E-state index in [2.05, 4.69) is 32.7 Å². The molecule has 0 saturated heterocycles. The molecule has 2 unspecified atom stereocenters. The standard InChI is InChI=1S/C14H27NO/c1-11(2)10-16-7-6-15-13-9-14(4,5)8-12(13)3/h12-13,15H,1,6-10H2,2-5H3. The molecule has 1 N–H and O–H groups in total. The molecule has 2 heteroatoms. The van der Waals surface area contributed by atoms with Gasteiger partial charge >= 0.3 is 0 Å². The first-order valence-corrected chi connectivity index (χ1v) is 6.36. The Morgan fingerprint density at radius 3 is 2.62 bits per heavy atom. The van der Waals surface area contributed by atoms with Crippen LogP contribution in [-0.2, 0) is 4.74 Å². The Balaban J connectivity index is 2.12. The zero-order valence-corrected chi connectivity index (χ0v) is 11.3. The van der Waals surface area contributed by atoms with E-state index in [1.54, 1.807) is 0 Å². The van der Waals surface area contributed by atoms with E-state index < -0.39 is 0 Å². The van der Waals surface area contributed by atoms with Crippen molar-refractivity contribution in [3.63, 3.8) is 0 Å². The molecule has 2 atom stereocenters. The van der Waals surface area contributed by atoms with E-state index in [4.69, 9.17) is 4.74 Å². The first kappa shape index (κ1) is 13.7. The Kier molecular flexibility index (Phi) is 5.00. The second-order valence-electron chi connectivity index (χ2n) is 6.12. The van der Waals surface area contributed by atoms with E-state index in [1.807, 2.05) is 6.92 Å². The molecule has 0 spiro atoms. The fourth-order valence-electron chi connectivity index (χ4n) is 2.73. The summed E-state index contributed by atoms with van der Waals surface area (Å²) in [6.07, 6.45) is 2.62. The van der Waals surface area contributed by atoms with Gasteiger partial charge in [-0.25, -0.2) is 0 Å². The maximum Gasteiger partial charge on any atom is 0.0672 e. The maximum atomic E-state index is 5.48. The van der Waals surface area contributed by atoms with Crippen molar-refractivity contribution < 1.29 is 4.74 Å². The maximum absolute atomic E-state index is 5.48. The highest BCUT2D eigenvalue weighted by atomic mass is 16.5. The monoisotopic (exact) mass is 225 g/mol. The van der Waals surface area contributed by atoms with Crippen molar-refractivity contribution in [2.24, 2.45) is 11.3 Å². The molecule has 0 aliphatic heterocycles. The number of rotatable bonds is 6. The van der Waals surface area contributed by atoms with Crippen LogP contribution in [-0.4, -0.2) is 25.8 Å². The molecule has 0 aromatic carbocycles. The molecule has 0 heterocycles. The second-order valence-corrected chi connectivity index (χ2v) is 6.12. The van der Waals surface area contributed by atoms with Gasteiger partial charge in [0, 0.05) is 12.6 Å². The molecule has 1 rings (SSSR count). The van der Waals surface area contributed by atoms with Gasteiger partial charge in [-0.15, -0.1) is 0 Å². The summed E-state index contributed by atoms with van der Waals surface area (Å²) in [6, 6.07) is 0.670. The van der Waals surface area contributed by atoms with E-state index in [0.29, 0.717) is 18.1 Å². The molecule has 2 nitrogen and oxygen atoms in total. The van der Waals surface area contributed by atoms with Crippen LogP contribution in [0.15, 0.2) is 12.2 Å². The van der Waals surface area contributed by atoms with Crippen molar-refractivity contribution in [1.29, 1.82) is 0 Å². The SMILES string of the molecule is C=C(C)COCCNC1CC(C)(C)CC1C. The molecule has 0 amide bonds. The highest BCUT2D eigenvalue weighted by Crippen LogP contribution is 2.40. The largest absolute Gasteiger partial charge is 0.376 e. The van der Waals surface area contributed by atoms with E-state index in [0.717, 1.165) is 24.6 Å². The minimum absolute atomic E-state index is 0.510. The van der Waals surface area contributed by atoms with E-state index in [-0.39, 0.29) is 0 Å². The molecule has 0 radical (unpaired) electrons. The van der Waals surface area contributed by atoms with Crippen LogP contribution in [0.3, 0.4) is 0 Å². The molecule has 1 aliphatic carbocycles. The van der Waals surface area contributed by atoms with Gasteiger partial charge in [-0.1, -0.05) is 32.9 Å². The highest BCUT2D eigenvalue weighted by Gasteiger charge is 2.35. The van der Waals surface area contributed by atoms with Crippen LogP contribution < -0.4 is 5.32 Å². The van der Waals surface area contributed by atoms with E-state index >= 15 is 0 Å². The van der Waals surface area contributed by atoms with Gasteiger partial charge in [0.15, 0.2) is 0 Å². The van der Waals surface area contributed by atoms with Gasteiger partial charge in [-0.2, -0.15) is 0 Å². The number of hydrogen-bond acceptors (Lipinski definition) is 2. The normalized spacial score (nSPS) is 28.2. The zero-order chi connectivity index (χ0) is 12.2. The smallest absolute Gasteiger partial charge is 0.0672 e. The predicted molar refractivity (Wildman–Crippen MR) is 69.6 cm³/mol. The van der Waals surface area contributed by atoms with Gasteiger partial charge in [-0.3, -0.25) is 0 Å². The topological polar surface area (TPSA) is 21.3 Å². The second kappa shape index (κ2) is 5.83. The van der Waals surface area contributed by atoms with Crippen LogP contribution >= 0.6 is 0 Å². The molecule has 0 aromatic heterocycles. The Morgan fingerprint density at radius 2 is 2.12 bits per heavy atom. The van der Waals surface area contributed by atoms with Crippen LogP contribution in [0.5, 0.6) is 0 Å². The van der Waals surface area contributed by atoms with Crippen LogP contribution in [0.1, 0.15) is 40.5 Å². The van der Waals surface area contributed by atoms with Crippen molar-refractivity contribution >= 4 is 0 Å². The van der Waals surface area contributed by atoms with Crippen molar-refractivity contribution in [2.45, 2.75) is 46.6 Å². The number of ether oxygens (including phenoxy) is 1. The van der Waals surface area contributed by atoms with E-state index in [1.165, 1.54) is 12.8 Å². The quantitative estimate of drug-likeness (QED) is 0.554. The summed E-state index contributed by atoms with van der Waals surface area (Å²) < 4.78 is 5.48. The molecule has 94 valence electrons. The molecule has 0 aromatic rings. The number of hydrogen-bond donors (Lipinski definition) is 1. The summed E-state index contributed by atoms with van der Waals surface area (Å²) in [6.45, 7) is 15.3. The van der Waals surface area contributed by atoms with Crippen LogP contribution in [0.25, 0.3) is 0 Å². The highest BCUT2D eigenvalue weighted by molar-refractivity contribution is 4.91. The summed E-state index contributed by atoms with van der Waals surface area (Å²) in [7, 11) is 0. The Bertz CT molecular complexity index is 235. The summed E-state index contributed by atoms with van der Waals surface area (Å²) in [5.74, 6) is 0.788. The number of nitrogens with one attached hydrogen (secondary N) is 1. The van der Waals surface area contributed by atoms with Crippen LogP contribution in [0.4, 0.5) is 0 Å². The average molecular weight is 225 g/mol. The fraction of sp³-hybridized carbons (Fsp3) is 0.857. The summed E-state index contributed by atoms with van der Waals surface area (Å²) in [4.78, 5) is 0. The minimum Gasteiger partial charge on any atom is -0.376 e. The molecule has 1 fully saturated rings. The Morgan fingerprint density at radius 1 is 1.44 bits per heavy atom. The third-order valence-electron chi connectivity index (χ3n) is 3.34. The lowest BCUT2D eigenvalue weighted by Crippen LogP contribution is -2.34. The van der Waals surface area contributed by atoms with Gasteiger partial charge in [0.25, 0.3) is 0 Å². The first-order chi connectivity index (χ1) is 7.41. The van der Waals surface area contributed by atoms with Crippen LogP contribution in [0.2, 0.25) is 0 Å². The molecule has 16 heavy (non-hydrogen) atoms. The average Bonchev–Trinajstić information content (AvgIpc) is 2.38. The summed E-state index contributed by atoms with van der Waals surface area (Å²) in [5.41, 5.74) is 1.60. The van der Waals surface area contributed by atoms with Gasteiger partial charge in [0.05, 0.1) is 13.2 Å². The predicted octanol–water partition coefficient (Wildman–Crippen LogP) is 2.99.